The number of hydrogen-bond donors (Lipinski definition) is 1. The van der Waals surface area contributed by atoms with Gasteiger partial charge >= 0.3 is 0 Å². The third kappa shape index (κ3) is 3.03. The molecule has 0 bridgehead atoms. The molecule has 0 amide bonds. The minimum atomic E-state index is 1.18. The number of benzene rings is 5. The third-order valence-corrected chi connectivity index (χ3v) is 6.04. The zero-order valence-electron chi connectivity index (χ0n) is 17.0. The second-order valence-corrected chi connectivity index (χ2v) is 7.89. The Morgan fingerprint density at radius 2 is 0.935 bits per heavy atom. The molecule has 0 fully saturated rings. The van der Waals surface area contributed by atoms with Gasteiger partial charge in [-0.05, 0) is 39.9 Å². The largest absolute Gasteiger partial charge is 0.354 e. The van der Waals surface area contributed by atoms with Gasteiger partial charge in [0.2, 0.25) is 0 Å². The number of aromatic amines is 1. The number of aromatic nitrogens is 1. The van der Waals surface area contributed by atoms with Crippen LogP contribution in [0.3, 0.4) is 0 Å². The minimum absolute atomic E-state index is 1.18. The number of fused-ring (bicyclic) bond motifs is 3. The van der Waals surface area contributed by atoms with Crippen molar-refractivity contribution in [1.82, 2.24) is 4.98 Å². The van der Waals surface area contributed by atoms with Crippen molar-refractivity contribution in [3.63, 3.8) is 0 Å². The summed E-state index contributed by atoms with van der Waals surface area (Å²) in [6, 6.07) is 43.2. The van der Waals surface area contributed by atoms with Crippen LogP contribution in [-0.4, -0.2) is 4.98 Å². The van der Waals surface area contributed by atoms with E-state index in [9.17, 15) is 0 Å². The summed E-state index contributed by atoms with van der Waals surface area (Å²) in [6.45, 7) is 0. The molecule has 1 heteroatoms. The average Bonchev–Trinajstić information content (AvgIpc) is 3.24. The fourth-order valence-corrected chi connectivity index (χ4v) is 4.57. The van der Waals surface area contributed by atoms with E-state index < -0.39 is 0 Å². The number of hydrogen-bond acceptors (Lipinski definition) is 0. The van der Waals surface area contributed by atoms with Crippen LogP contribution in [0.5, 0.6) is 0 Å². The Hall–Kier alpha value is -4.10. The molecule has 0 saturated heterocycles. The number of para-hydroxylation sites is 2. The van der Waals surface area contributed by atoms with Gasteiger partial charge in [-0.3, -0.25) is 0 Å². The van der Waals surface area contributed by atoms with Crippen LogP contribution in [0.4, 0.5) is 0 Å². The smallest absolute Gasteiger partial charge is 0.0544 e. The summed E-state index contributed by atoms with van der Waals surface area (Å²) >= 11 is 0. The summed E-state index contributed by atoms with van der Waals surface area (Å²) in [7, 11) is 0. The summed E-state index contributed by atoms with van der Waals surface area (Å²) in [5.74, 6) is 0. The van der Waals surface area contributed by atoms with E-state index in [1.165, 1.54) is 55.2 Å². The maximum absolute atomic E-state index is 3.64. The maximum Gasteiger partial charge on any atom is 0.0544 e. The highest BCUT2D eigenvalue weighted by Crippen LogP contribution is 2.37. The van der Waals surface area contributed by atoms with Crippen molar-refractivity contribution in [3.05, 3.63) is 121 Å². The molecule has 146 valence electrons. The second-order valence-electron chi connectivity index (χ2n) is 7.89. The summed E-state index contributed by atoms with van der Waals surface area (Å²) in [4.78, 5) is 3.64. The lowest BCUT2D eigenvalue weighted by Crippen LogP contribution is -1.86. The maximum atomic E-state index is 3.64. The van der Waals surface area contributed by atoms with E-state index in [1.807, 2.05) is 0 Å². The summed E-state index contributed by atoms with van der Waals surface area (Å²) in [5.41, 5.74) is 9.78. The molecule has 5 aromatic carbocycles. The van der Waals surface area contributed by atoms with Crippen LogP contribution < -0.4 is 0 Å². The Balaban J connectivity index is 1.53. The van der Waals surface area contributed by atoms with Crippen molar-refractivity contribution in [2.45, 2.75) is 0 Å². The van der Waals surface area contributed by atoms with Crippen LogP contribution in [0.2, 0.25) is 0 Å². The molecule has 6 rings (SSSR count). The van der Waals surface area contributed by atoms with Crippen LogP contribution in [0.25, 0.3) is 55.2 Å². The van der Waals surface area contributed by atoms with Gasteiger partial charge in [0.25, 0.3) is 0 Å². The first-order chi connectivity index (χ1) is 15.4. The molecule has 0 saturated carbocycles. The highest BCUT2D eigenvalue weighted by atomic mass is 14.7. The SMILES string of the molecule is c1ccc(-c2ccccc2-c2cccc(-c3cccc4c3[nH]c3ccccc34)c2)cc1. The van der Waals surface area contributed by atoms with E-state index in [0.717, 1.165) is 0 Å². The molecule has 1 heterocycles. The molecule has 0 atom stereocenters. The van der Waals surface area contributed by atoms with E-state index in [4.69, 9.17) is 0 Å². The number of H-pyrrole nitrogens is 1. The monoisotopic (exact) mass is 395 g/mol. The molecule has 31 heavy (non-hydrogen) atoms. The molecule has 0 spiro atoms. The van der Waals surface area contributed by atoms with Crippen molar-refractivity contribution in [2.24, 2.45) is 0 Å². The van der Waals surface area contributed by atoms with Gasteiger partial charge in [0.05, 0.1) is 5.52 Å². The first-order valence-electron chi connectivity index (χ1n) is 10.6. The van der Waals surface area contributed by atoms with E-state index in [2.05, 4.69) is 126 Å². The fourth-order valence-electron chi connectivity index (χ4n) is 4.57. The van der Waals surface area contributed by atoms with E-state index in [0.29, 0.717) is 0 Å². The van der Waals surface area contributed by atoms with Gasteiger partial charge in [-0.1, -0.05) is 109 Å². The molecule has 1 aromatic heterocycles. The zero-order valence-corrected chi connectivity index (χ0v) is 17.0. The van der Waals surface area contributed by atoms with Crippen LogP contribution >= 0.6 is 0 Å². The van der Waals surface area contributed by atoms with Crippen molar-refractivity contribution in [3.8, 4) is 33.4 Å². The van der Waals surface area contributed by atoms with Crippen LogP contribution in [0.1, 0.15) is 0 Å². The molecule has 1 nitrogen and oxygen atoms in total. The standard InChI is InChI=1S/C30H21N/c1-2-10-21(11-3-1)24-14-4-5-15-25(24)22-12-8-13-23(20-22)26-17-9-18-28-27-16-6-7-19-29(27)31-30(26)28/h1-20,31H. The predicted octanol–water partition coefficient (Wildman–Crippen LogP) is 8.32. The van der Waals surface area contributed by atoms with Crippen molar-refractivity contribution in [2.75, 3.05) is 0 Å². The van der Waals surface area contributed by atoms with Crippen LogP contribution in [0.15, 0.2) is 121 Å². The van der Waals surface area contributed by atoms with Crippen molar-refractivity contribution >= 4 is 21.8 Å². The minimum Gasteiger partial charge on any atom is -0.354 e. The third-order valence-electron chi connectivity index (χ3n) is 6.04. The normalized spacial score (nSPS) is 11.2. The van der Waals surface area contributed by atoms with Gasteiger partial charge in [0.15, 0.2) is 0 Å². The molecule has 1 N–H and O–H groups in total. The Morgan fingerprint density at radius 3 is 1.77 bits per heavy atom. The molecule has 0 aliphatic rings. The molecular formula is C30H21N. The van der Waals surface area contributed by atoms with E-state index >= 15 is 0 Å². The van der Waals surface area contributed by atoms with Crippen LogP contribution in [-0.2, 0) is 0 Å². The van der Waals surface area contributed by atoms with Crippen LogP contribution in [0, 0.1) is 0 Å². The highest BCUT2D eigenvalue weighted by molar-refractivity contribution is 6.11. The molecule has 0 unspecified atom stereocenters. The Kier molecular flexibility index (Phi) is 4.18. The quantitative estimate of drug-likeness (QED) is 0.310. The average molecular weight is 396 g/mol. The fraction of sp³-hybridized carbons (Fsp3) is 0. The van der Waals surface area contributed by atoms with Crippen molar-refractivity contribution < 1.29 is 0 Å². The Bertz CT molecular complexity index is 1520. The lowest BCUT2D eigenvalue weighted by molar-refractivity contribution is 1.53. The molecule has 0 radical (unpaired) electrons. The molecular weight excluding hydrogens is 374 g/mol. The van der Waals surface area contributed by atoms with Gasteiger partial charge in [-0.2, -0.15) is 0 Å². The van der Waals surface area contributed by atoms with E-state index in [-0.39, 0.29) is 0 Å². The van der Waals surface area contributed by atoms with Crippen molar-refractivity contribution in [1.29, 1.82) is 0 Å². The van der Waals surface area contributed by atoms with Gasteiger partial charge in [0, 0.05) is 21.9 Å². The van der Waals surface area contributed by atoms with E-state index in [1.54, 1.807) is 0 Å². The molecule has 6 aromatic rings. The highest BCUT2D eigenvalue weighted by Gasteiger charge is 2.11. The van der Waals surface area contributed by atoms with Gasteiger partial charge in [0.1, 0.15) is 0 Å². The summed E-state index contributed by atoms with van der Waals surface area (Å²) in [6.07, 6.45) is 0. The topological polar surface area (TPSA) is 15.8 Å². The van der Waals surface area contributed by atoms with Gasteiger partial charge in [-0.15, -0.1) is 0 Å². The zero-order chi connectivity index (χ0) is 20.6. The molecule has 0 aliphatic heterocycles. The number of nitrogens with one attached hydrogen (secondary N) is 1. The number of rotatable bonds is 3. The lowest BCUT2D eigenvalue weighted by Gasteiger charge is -2.12. The Labute approximate surface area is 181 Å². The second kappa shape index (κ2) is 7.30. The summed E-state index contributed by atoms with van der Waals surface area (Å²) < 4.78 is 0. The lowest BCUT2D eigenvalue weighted by atomic mass is 9.92. The van der Waals surface area contributed by atoms with Gasteiger partial charge in [-0.25, -0.2) is 0 Å². The Morgan fingerprint density at radius 1 is 0.387 bits per heavy atom. The molecule has 0 aliphatic carbocycles. The van der Waals surface area contributed by atoms with Gasteiger partial charge < -0.3 is 4.98 Å². The first-order valence-corrected chi connectivity index (χ1v) is 10.6. The first kappa shape index (κ1) is 17.7. The summed E-state index contributed by atoms with van der Waals surface area (Å²) in [5, 5.41) is 2.54. The predicted molar refractivity (Wildman–Crippen MR) is 132 cm³/mol.